The molecule has 0 fully saturated rings. The third-order valence-corrected chi connectivity index (χ3v) is 4.11. The molecule has 0 aliphatic rings. The first kappa shape index (κ1) is 10.9. The van der Waals surface area contributed by atoms with Gasteiger partial charge in [0.05, 0.1) is 4.90 Å². The van der Waals surface area contributed by atoms with Crippen LogP contribution in [0.25, 0.3) is 0 Å². The average Bonchev–Trinajstić information content (AvgIpc) is 1.94. The van der Waals surface area contributed by atoms with Crippen LogP contribution in [0.5, 0.6) is 0 Å². The van der Waals surface area contributed by atoms with Crippen LogP contribution in [0.4, 0.5) is 4.39 Å². The van der Waals surface area contributed by atoms with Crippen molar-refractivity contribution in [2.75, 3.05) is 0 Å². The molecule has 0 aromatic heterocycles. The van der Waals surface area contributed by atoms with Gasteiger partial charge in [0.25, 0.3) is 9.05 Å². The largest absolute Gasteiger partial charge is 0.262 e. The molecule has 0 N–H and O–H groups in total. The minimum Gasteiger partial charge on any atom is -0.207 e. The SMILES string of the molecule is Cc1cc(F)cc(S(=O)(=O)Cl)c1Br. The summed E-state index contributed by atoms with van der Waals surface area (Å²) in [4.78, 5) is -0.244. The van der Waals surface area contributed by atoms with E-state index in [1.165, 1.54) is 6.07 Å². The zero-order valence-electron chi connectivity index (χ0n) is 6.51. The maximum absolute atomic E-state index is 12.8. The normalized spacial score (nSPS) is 11.7. The van der Waals surface area contributed by atoms with Gasteiger partial charge in [-0.05, 0) is 40.5 Å². The fourth-order valence-electron chi connectivity index (χ4n) is 0.872. The van der Waals surface area contributed by atoms with Gasteiger partial charge in [0.2, 0.25) is 0 Å². The van der Waals surface area contributed by atoms with Crippen molar-refractivity contribution in [3.05, 3.63) is 28.0 Å². The van der Waals surface area contributed by atoms with E-state index in [0.29, 0.717) is 10.0 Å². The smallest absolute Gasteiger partial charge is 0.207 e. The van der Waals surface area contributed by atoms with E-state index in [9.17, 15) is 12.8 Å². The van der Waals surface area contributed by atoms with E-state index in [1.807, 2.05) is 0 Å². The highest BCUT2D eigenvalue weighted by atomic mass is 79.9. The molecule has 2 nitrogen and oxygen atoms in total. The fraction of sp³-hybridized carbons (Fsp3) is 0.143. The van der Waals surface area contributed by atoms with Gasteiger partial charge in [-0.15, -0.1) is 0 Å². The maximum Gasteiger partial charge on any atom is 0.262 e. The molecular weight excluding hydrogens is 282 g/mol. The quantitative estimate of drug-likeness (QED) is 0.744. The van der Waals surface area contributed by atoms with E-state index < -0.39 is 14.9 Å². The second kappa shape index (κ2) is 3.55. The maximum atomic E-state index is 12.8. The molecule has 0 saturated carbocycles. The second-order valence-electron chi connectivity index (χ2n) is 2.47. The van der Waals surface area contributed by atoms with Crippen LogP contribution in [-0.4, -0.2) is 8.42 Å². The highest BCUT2D eigenvalue weighted by molar-refractivity contribution is 9.10. The summed E-state index contributed by atoms with van der Waals surface area (Å²) in [6.45, 7) is 1.58. The van der Waals surface area contributed by atoms with Crippen LogP contribution in [0.3, 0.4) is 0 Å². The minimum atomic E-state index is -3.89. The Bertz CT molecular complexity index is 444. The molecule has 0 radical (unpaired) electrons. The van der Waals surface area contributed by atoms with E-state index in [-0.39, 0.29) is 4.90 Å². The van der Waals surface area contributed by atoms with Crippen molar-refractivity contribution in [1.82, 2.24) is 0 Å². The van der Waals surface area contributed by atoms with Crippen LogP contribution in [0.1, 0.15) is 5.56 Å². The van der Waals surface area contributed by atoms with E-state index in [1.54, 1.807) is 6.92 Å². The molecule has 0 heterocycles. The van der Waals surface area contributed by atoms with Gasteiger partial charge in [0, 0.05) is 15.2 Å². The van der Waals surface area contributed by atoms with Crippen molar-refractivity contribution in [1.29, 1.82) is 0 Å². The van der Waals surface area contributed by atoms with Gasteiger partial charge >= 0.3 is 0 Å². The molecule has 0 saturated heterocycles. The first-order valence-electron chi connectivity index (χ1n) is 3.22. The summed E-state index contributed by atoms with van der Waals surface area (Å²) in [5, 5.41) is 0. The van der Waals surface area contributed by atoms with Crippen LogP contribution in [0, 0.1) is 12.7 Å². The molecule has 1 aromatic carbocycles. The third kappa shape index (κ3) is 2.42. The first-order valence-corrected chi connectivity index (χ1v) is 6.33. The lowest BCUT2D eigenvalue weighted by molar-refractivity contribution is 0.600. The van der Waals surface area contributed by atoms with Crippen molar-refractivity contribution in [3.8, 4) is 0 Å². The third-order valence-electron chi connectivity index (χ3n) is 1.45. The molecular formula is C7H5BrClFO2S. The molecule has 6 heteroatoms. The molecule has 72 valence electrons. The van der Waals surface area contributed by atoms with Crippen LogP contribution in [0.2, 0.25) is 0 Å². The average molecular weight is 288 g/mol. The van der Waals surface area contributed by atoms with Gasteiger partial charge in [-0.25, -0.2) is 12.8 Å². The fourth-order valence-corrected chi connectivity index (χ4v) is 3.01. The lowest BCUT2D eigenvalue weighted by atomic mass is 10.2. The Morgan fingerprint density at radius 3 is 2.46 bits per heavy atom. The number of aryl methyl sites for hydroxylation is 1. The summed E-state index contributed by atoms with van der Waals surface area (Å²) in [7, 11) is 1.19. The molecule has 0 bridgehead atoms. The monoisotopic (exact) mass is 286 g/mol. The van der Waals surface area contributed by atoms with Crippen LogP contribution >= 0.6 is 26.6 Å². The van der Waals surface area contributed by atoms with Crippen LogP contribution in [0.15, 0.2) is 21.5 Å². The Labute approximate surface area is 88.3 Å². The summed E-state index contributed by atoms with van der Waals surface area (Å²) in [5.41, 5.74) is 0.485. The van der Waals surface area contributed by atoms with Gasteiger partial charge in [-0.2, -0.15) is 0 Å². The summed E-state index contributed by atoms with van der Waals surface area (Å²) < 4.78 is 34.9. The molecule has 0 spiro atoms. The van der Waals surface area contributed by atoms with Crippen LogP contribution in [-0.2, 0) is 9.05 Å². The number of hydrogen-bond donors (Lipinski definition) is 0. The Balaban J connectivity index is 3.56. The van der Waals surface area contributed by atoms with Crippen molar-refractivity contribution in [3.63, 3.8) is 0 Å². The van der Waals surface area contributed by atoms with Gasteiger partial charge < -0.3 is 0 Å². The second-order valence-corrected chi connectivity index (χ2v) is 5.80. The van der Waals surface area contributed by atoms with E-state index >= 15 is 0 Å². The van der Waals surface area contributed by atoms with E-state index in [2.05, 4.69) is 15.9 Å². The van der Waals surface area contributed by atoms with Crippen molar-refractivity contribution in [2.24, 2.45) is 0 Å². The predicted molar refractivity (Wildman–Crippen MR) is 51.9 cm³/mol. The van der Waals surface area contributed by atoms with Crippen molar-refractivity contribution in [2.45, 2.75) is 11.8 Å². The summed E-state index contributed by atoms with van der Waals surface area (Å²) >= 11 is 3.02. The summed E-state index contributed by atoms with van der Waals surface area (Å²) in [5.74, 6) is -0.625. The number of benzene rings is 1. The topological polar surface area (TPSA) is 34.1 Å². The Morgan fingerprint density at radius 1 is 1.46 bits per heavy atom. The standard InChI is InChI=1S/C7H5BrClFO2S/c1-4-2-5(10)3-6(7(4)8)13(9,11)12/h2-3H,1H3. The van der Waals surface area contributed by atoms with Gasteiger partial charge in [0.15, 0.2) is 0 Å². The van der Waals surface area contributed by atoms with Gasteiger partial charge in [-0.3, -0.25) is 0 Å². The molecule has 0 amide bonds. The van der Waals surface area contributed by atoms with Gasteiger partial charge in [0.1, 0.15) is 5.82 Å². The van der Waals surface area contributed by atoms with E-state index in [4.69, 9.17) is 10.7 Å². The van der Waals surface area contributed by atoms with Crippen molar-refractivity contribution >= 4 is 35.7 Å². The highest BCUT2D eigenvalue weighted by Crippen LogP contribution is 2.28. The number of hydrogen-bond acceptors (Lipinski definition) is 2. The number of halogens is 3. The highest BCUT2D eigenvalue weighted by Gasteiger charge is 2.17. The van der Waals surface area contributed by atoms with Crippen molar-refractivity contribution < 1.29 is 12.8 Å². The Morgan fingerprint density at radius 2 is 2.00 bits per heavy atom. The lowest BCUT2D eigenvalue weighted by Crippen LogP contribution is -1.95. The minimum absolute atomic E-state index is 0.244. The molecule has 0 unspecified atom stereocenters. The lowest BCUT2D eigenvalue weighted by Gasteiger charge is -2.03. The zero-order valence-corrected chi connectivity index (χ0v) is 9.67. The van der Waals surface area contributed by atoms with Crippen LogP contribution < -0.4 is 0 Å². The van der Waals surface area contributed by atoms with Gasteiger partial charge in [-0.1, -0.05) is 0 Å². The first-order chi connectivity index (χ1) is 5.82. The summed E-state index contributed by atoms with van der Waals surface area (Å²) in [6, 6.07) is 2.09. The molecule has 0 atom stereocenters. The molecule has 0 aliphatic heterocycles. The predicted octanol–water partition coefficient (Wildman–Crippen LogP) is 2.82. The molecule has 1 rings (SSSR count). The summed E-state index contributed by atoms with van der Waals surface area (Å²) in [6.07, 6.45) is 0. The van der Waals surface area contributed by atoms with E-state index in [0.717, 1.165) is 6.07 Å². The molecule has 0 aliphatic carbocycles. The zero-order chi connectivity index (χ0) is 10.2. The number of rotatable bonds is 1. The Hall–Kier alpha value is -0.130. The molecule has 13 heavy (non-hydrogen) atoms. The Kier molecular flexibility index (Phi) is 2.99. The molecule has 1 aromatic rings.